The number of hydrogen-bond acceptors (Lipinski definition) is 6. The second kappa shape index (κ2) is 5.58. The fraction of sp³-hybridized carbons (Fsp3) is 0.500. The third-order valence-corrected chi connectivity index (χ3v) is 4.08. The topological polar surface area (TPSA) is 112 Å². The van der Waals surface area contributed by atoms with Crippen LogP contribution in [0.2, 0.25) is 0 Å². The summed E-state index contributed by atoms with van der Waals surface area (Å²) in [5.41, 5.74) is -1.88. The van der Waals surface area contributed by atoms with Gasteiger partial charge in [-0.25, -0.2) is 4.79 Å². The Hall–Kier alpha value is -2.55. The molecule has 3 heterocycles. The molecule has 23 heavy (non-hydrogen) atoms. The predicted octanol–water partition coefficient (Wildman–Crippen LogP) is -0.588. The minimum Gasteiger partial charge on any atom is -0.502 e. The van der Waals surface area contributed by atoms with Crippen LogP contribution in [-0.4, -0.2) is 64.6 Å². The quantitative estimate of drug-likeness (QED) is 0.764. The van der Waals surface area contributed by atoms with Crippen LogP contribution in [0.4, 0.5) is 0 Å². The zero-order valence-electron chi connectivity index (χ0n) is 12.6. The average molecular weight is 323 g/mol. The van der Waals surface area contributed by atoms with Gasteiger partial charge in [0.05, 0.1) is 6.10 Å². The van der Waals surface area contributed by atoms with Gasteiger partial charge in [0.2, 0.25) is 5.43 Å². The number of carboxylic acid groups (broad SMARTS) is 1. The van der Waals surface area contributed by atoms with E-state index >= 15 is 0 Å². The number of amides is 1. The molecule has 1 fully saturated rings. The van der Waals surface area contributed by atoms with Crippen LogP contribution in [0.5, 0.6) is 5.75 Å². The largest absolute Gasteiger partial charge is 0.502 e. The summed E-state index contributed by atoms with van der Waals surface area (Å²) in [6, 6.07) is 0. The van der Waals surface area contributed by atoms with Gasteiger partial charge in [-0.2, -0.15) is 0 Å². The number of carbonyl (C=O) groups excluding carboxylic acids is 1. The molecular formula is C14H17N3O6. The maximum atomic E-state index is 12.6. The minimum atomic E-state index is -1.46. The molecule has 0 saturated carbocycles. The van der Waals surface area contributed by atoms with Crippen LogP contribution in [0.1, 0.15) is 33.7 Å². The number of ether oxygens (including phenoxy) is 1. The van der Waals surface area contributed by atoms with Gasteiger partial charge in [0.1, 0.15) is 12.2 Å². The van der Waals surface area contributed by atoms with E-state index in [0.717, 1.165) is 19.0 Å². The lowest BCUT2D eigenvalue weighted by atomic mass is 10.1. The zero-order chi connectivity index (χ0) is 16.7. The van der Waals surface area contributed by atoms with Crippen LogP contribution >= 0.6 is 0 Å². The Balaban J connectivity index is 2.00. The van der Waals surface area contributed by atoms with E-state index in [9.17, 15) is 19.5 Å². The van der Waals surface area contributed by atoms with Crippen molar-refractivity contribution in [2.75, 3.05) is 31.9 Å². The fourth-order valence-corrected chi connectivity index (χ4v) is 2.91. The maximum Gasteiger partial charge on any atom is 0.341 e. The smallest absolute Gasteiger partial charge is 0.341 e. The van der Waals surface area contributed by atoms with Crippen molar-refractivity contribution in [2.24, 2.45) is 0 Å². The molecule has 2 N–H and O–H groups in total. The van der Waals surface area contributed by atoms with Gasteiger partial charge in [-0.05, 0) is 12.8 Å². The summed E-state index contributed by atoms with van der Waals surface area (Å²) in [6.07, 6.45) is 2.78. The first-order valence-corrected chi connectivity index (χ1v) is 7.24. The molecule has 2 aliphatic rings. The van der Waals surface area contributed by atoms with Gasteiger partial charge in [0.15, 0.2) is 11.4 Å². The Kier molecular flexibility index (Phi) is 3.72. The SMILES string of the molecule is CN1CN(CC2CCCO2)C(=O)c2c(O)c(=O)c(C(=O)O)cn21. The third-order valence-electron chi connectivity index (χ3n) is 4.08. The van der Waals surface area contributed by atoms with Crippen LogP contribution in [0.25, 0.3) is 0 Å². The predicted molar refractivity (Wildman–Crippen MR) is 78.3 cm³/mol. The van der Waals surface area contributed by atoms with E-state index < -0.39 is 28.6 Å². The average Bonchev–Trinajstić information content (AvgIpc) is 2.99. The van der Waals surface area contributed by atoms with Crippen LogP contribution in [0.3, 0.4) is 0 Å². The third kappa shape index (κ3) is 2.52. The summed E-state index contributed by atoms with van der Waals surface area (Å²) in [7, 11) is 1.63. The number of nitrogens with zero attached hydrogens (tertiary/aromatic N) is 3. The molecule has 9 heteroatoms. The molecule has 2 aliphatic heterocycles. The lowest BCUT2D eigenvalue weighted by Crippen LogP contribution is -2.54. The van der Waals surface area contributed by atoms with E-state index in [2.05, 4.69) is 0 Å². The summed E-state index contributed by atoms with van der Waals surface area (Å²) < 4.78 is 6.71. The lowest BCUT2D eigenvalue weighted by molar-refractivity contribution is 0.0463. The number of rotatable bonds is 3. The van der Waals surface area contributed by atoms with Crippen molar-refractivity contribution in [3.63, 3.8) is 0 Å². The second-order valence-electron chi connectivity index (χ2n) is 5.68. The molecule has 124 valence electrons. The van der Waals surface area contributed by atoms with Gasteiger partial charge in [-0.15, -0.1) is 0 Å². The number of hydrogen-bond donors (Lipinski definition) is 2. The van der Waals surface area contributed by atoms with Crippen molar-refractivity contribution < 1.29 is 24.5 Å². The van der Waals surface area contributed by atoms with Gasteiger partial charge < -0.3 is 19.8 Å². The van der Waals surface area contributed by atoms with Crippen molar-refractivity contribution in [3.8, 4) is 5.75 Å². The molecule has 9 nitrogen and oxygen atoms in total. The Bertz CT molecular complexity index is 722. The monoisotopic (exact) mass is 323 g/mol. The Morgan fingerprint density at radius 1 is 1.43 bits per heavy atom. The number of aromatic carboxylic acids is 1. The fourth-order valence-electron chi connectivity index (χ4n) is 2.91. The van der Waals surface area contributed by atoms with Gasteiger partial charge >= 0.3 is 5.97 Å². The highest BCUT2D eigenvalue weighted by Crippen LogP contribution is 2.22. The number of carboxylic acids is 1. The molecule has 0 radical (unpaired) electrons. The Morgan fingerprint density at radius 3 is 2.78 bits per heavy atom. The molecule has 0 aliphatic carbocycles. The maximum absolute atomic E-state index is 12.6. The highest BCUT2D eigenvalue weighted by molar-refractivity contribution is 5.97. The standard InChI is InChI=1S/C14H17N3O6/c1-15-7-16(5-8-3-2-4-23-8)13(20)10-12(19)11(18)9(14(21)22)6-17(10)15/h6,8,19H,2-5,7H2,1H3,(H,21,22). The molecule has 3 rings (SSSR count). The highest BCUT2D eigenvalue weighted by Gasteiger charge is 2.34. The van der Waals surface area contributed by atoms with E-state index in [1.54, 1.807) is 12.1 Å². The normalized spacial score (nSPS) is 20.7. The van der Waals surface area contributed by atoms with Gasteiger partial charge in [-0.3, -0.25) is 19.3 Å². The van der Waals surface area contributed by atoms with Crippen molar-refractivity contribution in [1.29, 1.82) is 0 Å². The summed E-state index contributed by atoms with van der Waals surface area (Å²) in [5.74, 6) is -2.83. The molecule has 1 unspecified atom stereocenters. The minimum absolute atomic E-state index is 0.0638. The molecule has 1 saturated heterocycles. The molecule has 1 aromatic heterocycles. The number of aromatic hydroxyl groups is 1. The zero-order valence-corrected chi connectivity index (χ0v) is 12.6. The Labute approximate surface area is 131 Å². The van der Waals surface area contributed by atoms with Crippen molar-refractivity contribution in [2.45, 2.75) is 18.9 Å². The van der Waals surface area contributed by atoms with Crippen LogP contribution in [0, 0.1) is 0 Å². The number of carbonyl (C=O) groups is 2. The summed E-state index contributed by atoms with van der Waals surface area (Å²) in [5, 5.41) is 20.6. The van der Waals surface area contributed by atoms with E-state index in [-0.39, 0.29) is 18.5 Å². The van der Waals surface area contributed by atoms with Crippen LogP contribution in [0.15, 0.2) is 11.0 Å². The highest BCUT2D eigenvalue weighted by atomic mass is 16.5. The van der Waals surface area contributed by atoms with E-state index in [0.29, 0.717) is 13.2 Å². The molecular weight excluding hydrogens is 306 g/mol. The number of fused-ring (bicyclic) bond motifs is 1. The molecule has 0 spiro atoms. The van der Waals surface area contributed by atoms with Crippen molar-refractivity contribution >= 4 is 11.9 Å². The van der Waals surface area contributed by atoms with E-state index in [4.69, 9.17) is 9.84 Å². The molecule has 0 aromatic carbocycles. The van der Waals surface area contributed by atoms with Crippen LogP contribution < -0.4 is 10.4 Å². The van der Waals surface area contributed by atoms with Gasteiger partial charge in [0.25, 0.3) is 5.91 Å². The van der Waals surface area contributed by atoms with E-state index in [1.165, 1.54) is 9.58 Å². The van der Waals surface area contributed by atoms with Gasteiger partial charge in [0, 0.05) is 26.4 Å². The lowest BCUT2D eigenvalue weighted by Gasteiger charge is -2.38. The summed E-state index contributed by atoms with van der Waals surface area (Å²) in [6.45, 7) is 1.22. The van der Waals surface area contributed by atoms with Crippen LogP contribution in [-0.2, 0) is 4.74 Å². The van der Waals surface area contributed by atoms with Crippen molar-refractivity contribution in [1.82, 2.24) is 9.58 Å². The summed E-state index contributed by atoms with van der Waals surface area (Å²) in [4.78, 5) is 37.1. The number of aromatic nitrogens is 1. The van der Waals surface area contributed by atoms with E-state index in [1.807, 2.05) is 0 Å². The first-order valence-electron chi connectivity index (χ1n) is 7.24. The molecule has 0 bridgehead atoms. The Morgan fingerprint density at radius 2 is 2.17 bits per heavy atom. The van der Waals surface area contributed by atoms with Gasteiger partial charge in [-0.1, -0.05) is 0 Å². The first kappa shape index (κ1) is 15.3. The molecule has 1 aromatic rings. The molecule has 1 amide bonds. The first-order chi connectivity index (χ1) is 10.9. The van der Waals surface area contributed by atoms with Crippen molar-refractivity contribution in [3.05, 3.63) is 27.7 Å². The molecule has 1 atom stereocenters. The second-order valence-corrected chi connectivity index (χ2v) is 5.68. The summed E-state index contributed by atoms with van der Waals surface area (Å²) >= 11 is 0. The number of pyridine rings is 1.